The maximum Gasteiger partial charge on any atom is 0.231 e. The van der Waals surface area contributed by atoms with Crippen molar-refractivity contribution in [3.63, 3.8) is 0 Å². The summed E-state index contributed by atoms with van der Waals surface area (Å²) >= 11 is 0. The van der Waals surface area contributed by atoms with Gasteiger partial charge < -0.3 is 19.7 Å². The molecule has 22 heavy (non-hydrogen) atoms. The lowest BCUT2D eigenvalue weighted by Gasteiger charge is -2.26. The zero-order valence-electron chi connectivity index (χ0n) is 13.9. The lowest BCUT2D eigenvalue weighted by atomic mass is 10.0. The van der Waals surface area contributed by atoms with Gasteiger partial charge in [0, 0.05) is 12.5 Å². The molecule has 0 aliphatic carbocycles. The van der Waals surface area contributed by atoms with Gasteiger partial charge >= 0.3 is 0 Å². The zero-order chi connectivity index (χ0) is 16.1. The van der Waals surface area contributed by atoms with Gasteiger partial charge in [0.15, 0.2) is 11.5 Å². The van der Waals surface area contributed by atoms with Crippen molar-refractivity contribution in [2.45, 2.75) is 32.7 Å². The van der Waals surface area contributed by atoms with Gasteiger partial charge in [-0.25, -0.2) is 0 Å². The van der Waals surface area contributed by atoms with Crippen molar-refractivity contribution in [2.24, 2.45) is 5.92 Å². The predicted octanol–water partition coefficient (Wildman–Crippen LogP) is 2.57. The van der Waals surface area contributed by atoms with Crippen LogP contribution in [0.1, 0.15) is 38.3 Å². The Morgan fingerprint density at radius 3 is 2.55 bits per heavy atom. The van der Waals surface area contributed by atoms with Gasteiger partial charge in [0.2, 0.25) is 12.7 Å². The molecule has 0 aromatic heterocycles. The molecule has 1 aromatic rings. The average molecular weight is 306 g/mol. The van der Waals surface area contributed by atoms with Crippen LogP contribution in [-0.2, 0) is 4.79 Å². The summed E-state index contributed by atoms with van der Waals surface area (Å²) in [5, 5.41) is 3.08. The number of hydrogen-bond donors (Lipinski definition) is 1. The summed E-state index contributed by atoms with van der Waals surface area (Å²) in [5.41, 5.74) is 1.11. The first-order valence-corrected chi connectivity index (χ1v) is 7.90. The van der Waals surface area contributed by atoms with Gasteiger partial charge in [0.1, 0.15) is 0 Å². The fraction of sp³-hybridized carbons (Fsp3) is 0.588. The monoisotopic (exact) mass is 306 g/mol. The molecule has 1 aliphatic rings. The summed E-state index contributed by atoms with van der Waals surface area (Å²) in [6, 6.07) is 6.06. The van der Waals surface area contributed by atoms with Crippen molar-refractivity contribution < 1.29 is 14.3 Å². The van der Waals surface area contributed by atoms with Crippen LogP contribution in [0.15, 0.2) is 18.2 Å². The number of likely N-dealkylation sites (N-methyl/N-ethyl adjacent to an activating group) is 1. The summed E-state index contributed by atoms with van der Waals surface area (Å²) in [6.45, 7) is 4.96. The fourth-order valence-corrected chi connectivity index (χ4v) is 2.72. The third kappa shape index (κ3) is 3.71. The normalized spacial score (nSPS) is 14.5. The molecule has 122 valence electrons. The van der Waals surface area contributed by atoms with Gasteiger partial charge in [-0.1, -0.05) is 19.9 Å². The van der Waals surface area contributed by atoms with Crippen LogP contribution in [0, 0.1) is 5.92 Å². The van der Waals surface area contributed by atoms with E-state index in [1.807, 2.05) is 32.3 Å². The van der Waals surface area contributed by atoms with Crippen LogP contribution < -0.4 is 14.8 Å². The van der Waals surface area contributed by atoms with E-state index in [2.05, 4.69) is 24.1 Å². The Balaban J connectivity index is 2.06. The molecule has 1 heterocycles. The van der Waals surface area contributed by atoms with Crippen LogP contribution in [0.3, 0.4) is 0 Å². The molecular formula is C17H26N2O3. The fourth-order valence-electron chi connectivity index (χ4n) is 2.72. The first-order chi connectivity index (χ1) is 10.6. The summed E-state index contributed by atoms with van der Waals surface area (Å²) in [6.07, 6.45) is 1.75. The van der Waals surface area contributed by atoms with E-state index in [4.69, 9.17) is 9.47 Å². The van der Waals surface area contributed by atoms with Gasteiger partial charge in [-0.3, -0.25) is 4.79 Å². The van der Waals surface area contributed by atoms with Crippen molar-refractivity contribution in [1.82, 2.24) is 10.2 Å². The molecule has 1 amide bonds. The standard InChI is InChI=1S/C17H26N2O3/c1-5-12(6-2)17(20)18-10-14(19(3)4)13-7-8-15-16(9-13)22-11-21-15/h7-9,12,14H,5-6,10-11H2,1-4H3,(H,18,20). The molecule has 5 nitrogen and oxygen atoms in total. The van der Waals surface area contributed by atoms with Crippen molar-refractivity contribution >= 4 is 5.91 Å². The minimum atomic E-state index is 0.0968. The Labute approximate surface area is 132 Å². The Kier molecular flexibility index (Phi) is 5.66. The Morgan fingerprint density at radius 1 is 1.23 bits per heavy atom. The van der Waals surface area contributed by atoms with Gasteiger partial charge in [0.25, 0.3) is 0 Å². The summed E-state index contributed by atoms with van der Waals surface area (Å²) in [7, 11) is 4.02. The number of carbonyl (C=O) groups is 1. The summed E-state index contributed by atoms with van der Waals surface area (Å²) in [5.74, 6) is 1.79. The average Bonchev–Trinajstić information content (AvgIpc) is 2.96. The van der Waals surface area contributed by atoms with E-state index < -0.39 is 0 Å². The number of carbonyl (C=O) groups excluding carboxylic acids is 1. The molecule has 0 saturated heterocycles. The zero-order valence-corrected chi connectivity index (χ0v) is 13.9. The Morgan fingerprint density at radius 2 is 1.91 bits per heavy atom. The molecule has 1 N–H and O–H groups in total. The SMILES string of the molecule is CCC(CC)C(=O)NCC(c1ccc2c(c1)OCO2)N(C)C. The molecule has 1 aromatic carbocycles. The number of rotatable bonds is 7. The van der Waals surface area contributed by atoms with Crippen LogP contribution >= 0.6 is 0 Å². The lowest BCUT2D eigenvalue weighted by molar-refractivity contribution is -0.125. The summed E-state index contributed by atoms with van der Waals surface area (Å²) in [4.78, 5) is 14.3. The van der Waals surface area contributed by atoms with Crippen molar-refractivity contribution in [1.29, 1.82) is 0 Å². The molecule has 5 heteroatoms. The van der Waals surface area contributed by atoms with Crippen molar-refractivity contribution in [3.8, 4) is 11.5 Å². The molecular weight excluding hydrogens is 280 g/mol. The molecule has 0 fully saturated rings. The van der Waals surface area contributed by atoms with Gasteiger partial charge in [-0.05, 0) is 44.6 Å². The molecule has 0 radical (unpaired) electrons. The van der Waals surface area contributed by atoms with Crippen LogP contribution in [0.4, 0.5) is 0 Å². The predicted molar refractivity (Wildman–Crippen MR) is 86.1 cm³/mol. The van der Waals surface area contributed by atoms with Crippen LogP contribution in [0.25, 0.3) is 0 Å². The van der Waals surface area contributed by atoms with Gasteiger partial charge in [-0.2, -0.15) is 0 Å². The van der Waals surface area contributed by atoms with E-state index in [-0.39, 0.29) is 24.7 Å². The lowest BCUT2D eigenvalue weighted by Crippen LogP contribution is -2.37. The van der Waals surface area contributed by atoms with E-state index in [0.717, 1.165) is 29.9 Å². The second-order valence-corrected chi connectivity index (χ2v) is 5.85. The minimum Gasteiger partial charge on any atom is -0.454 e. The highest BCUT2D eigenvalue weighted by Gasteiger charge is 2.21. The maximum atomic E-state index is 12.2. The van der Waals surface area contributed by atoms with E-state index in [1.54, 1.807) is 0 Å². The largest absolute Gasteiger partial charge is 0.454 e. The van der Waals surface area contributed by atoms with Crippen LogP contribution in [0.5, 0.6) is 11.5 Å². The number of ether oxygens (including phenoxy) is 2. The Bertz CT molecular complexity index is 513. The van der Waals surface area contributed by atoms with E-state index >= 15 is 0 Å². The highest BCUT2D eigenvalue weighted by Crippen LogP contribution is 2.34. The first kappa shape index (κ1) is 16.6. The first-order valence-electron chi connectivity index (χ1n) is 7.90. The molecule has 1 aliphatic heterocycles. The number of hydrogen-bond acceptors (Lipinski definition) is 4. The third-order valence-corrected chi connectivity index (χ3v) is 4.23. The highest BCUT2D eigenvalue weighted by atomic mass is 16.7. The van der Waals surface area contributed by atoms with E-state index in [9.17, 15) is 4.79 Å². The number of nitrogens with zero attached hydrogens (tertiary/aromatic N) is 1. The molecule has 0 saturated carbocycles. The number of amides is 1. The molecule has 1 unspecified atom stereocenters. The smallest absolute Gasteiger partial charge is 0.231 e. The van der Waals surface area contributed by atoms with E-state index in [0.29, 0.717) is 6.54 Å². The minimum absolute atomic E-state index is 0.0968. The van der Waals surface area contributed by atoms with Crippen molar-refractivity contribution in [2.75, 3.05) is 27.4 Å². The number of benzene rings is 1. The van der Waals surface area contributed by atoms with Crippen molar-refractivity contribution in [3.05, 3.63) is 23.8 Å². The topological polar surface area (TPSA) is 50.8 Å². The maximum absolute atomic E-state index is 12.2. The molecule has 0 bridgehead atoms. The van der Waals surface area contributed by atoms with Crippen LogP contribution in [-0.4, -0.2) is 38.2 Å². The van der Waals surface area contributed by atoms with Gasteiger partial charge in [-0.15, -0.1) is 0 Å². The quantitative estimate of drug-likeness (QED) is 0.841. The molecule has 1 atom stereocenters. The molecule has 0 spiro atoms. The number of nitrogens with one attached hydrogen (secondary N) is 1. The third-order valence-electron chi connectivity index (χ3n) is 4.23. The van der Waals surface area contributed by atoms with Crippen LogP contribution in [0.2, 0.25) is 0 Å². The van der Waals surface area contributed by atoms with E-state index in [1.165, 1.54) is 0 Å². The van der Waals surface area contributed by atoms with Gasteiger partial charge in [0.05, 0.1) is 6.04 Å². The number of fused-ring (bicyclic) bond motifs is 1. The Hall–Kier alpha value is -1.75. The summed E-state index contributed by atoms with van der Waals surface area (Å²) < 4.78 is 10.8. The second kappa shape index (κ2) is 7.49. The highest BCUT2D eigenvalue weighted by molar-refractivity contribution is 5.78. The molecule has 2 rings (SSSR count). The second-order valence-electron chi connectivity index (χ2n) is 5.85.